The second kappa shape index (κ2) is 6.27. The minimum absolute atomic E-state index is 0.0559. The maximum absolute atomic E-state index is 12.3. The molecule has 0 aliphatic heterocycles. The average molecular weight is 282 g/mol. The molecular weight excluding hydrogens is 268 g/mol. The molecular formula is C16H14N2OS. The van der Waals surface area contributed by atoms with E-state index in [-0.39, 0.29) is 5.91 Å². The molecule has 4 heteroatoms. The van der Waals surface area contributed by atoms with Crippen molar-refractivity contribution >= 4 is 24.2 Å². The molecule has 2 aromatic carbocycles. The fourth-order valence-corrected chi connectivity index (χ4v) is 2.05. The van der Waals surface area contributed by atoms with E-state index in [1.165, 1.54) is 4.90 Å². The number of nitriles is 1. The number of hydrogen-bond acceptors (Lipinski definition) is 3. The molecule has 0 spiro atoms. The zero-order chi connectivity index (χ0) is 14.5. The summed E-state index contributed by atoms with van der Waals surface area (Å²) in [7, 11) is 1.69. The van der Waals surface area contributed by atoms with Gasteiger partial charge < -0.3 is 4.90 Å². The molecule has 0 atom stereocenters. The molecule has 0 saturated carbocycles. The number of thiol groups is 1. The van der Waals surface area contributed by atoms with Crippen molar-refractivity contribution in [3.63, 3.8) is 0 Å². The molecule has 2 rings (SSSR count). The Labute approximate surface area is 123 Å². The average Bonchev–Trinajstić information content (AvgIpc) is 2.48. The highest BCUT2D eigenvalue weighted by Crippen LogP contribution is 2.19. The topological polar surface area (TPSA) is 44.1 Å². The quantitative estimate of drug-likeness (QED) is 0.879. The van der Waals surface area contributed by atoms with Crippen LogP contribution < -0.4 is 4.90 Å². The van der Waals surface area contributed by atoms with Crippen molar-refractivity contribution in [2.24, 2.45) is 0 Å². The standard InChI is InChI=1S/C16H14N2OS/c1-18(15-5-3-2-4-13(15)11-17)16(19)10-12-6-8-14(20)9-7-12/h2-9,20H,10H2,1H3. The van der Waals surface area contributed by atoms with Gasteiger partial charge in [0.25, 0.3) is 0 Å². The lowest BCUT2D eigenvalue weighted by Crippen LogP contribution is -2.28. The van der Waals surface area contributed by atoms with Gasteiger partial charge in [-0.2, -0.15) is 5.26 Å². The van der Waals surface area contributed by atoms with Crippen LogP contribution in [0.25, 0.3) is 0 Å². The molecule has 3 nitrogen and oxygen atoms in total. The Morgan fingerprint density at radius 2 is 1.85 bits per heavy atom. The maximum Gasteiger partial charge on any atom is 0.231 e. The summed E-state index contributed by atoms with van der Waals surface area (Å²) in [6.45, 7) is 0. The van der Waals surface area contributed by atoms with E-state index in [9.17, 15) is 4.79 Å². The number of benzene rings is 2. The molecule has 20 heavy (non-hydrogen) atoms. The molecule has 0 fully saturated rings. The summed E-state index contributed by atoms with van der Waals surface area (Å²) >= 11 is 4.21. The lowest BCUT2D eigenvalue weighted by Gasteiger charge is -2.18. The van der Waals surface area contributed by atoms with E-state index < -0.39 is 0 Å². The Kier molecular flexibility index (Phi) is 4.44. The molecule has 0 aliphatic carbocycles. The molecule has 0 N–H and O–H groups in total. The van der Waals surface area contributed by atoms with Crippen molar-refractivity contribution in [3.8, 4) is 6.07 Å². The van der Waals surface area contributed by atoms with Crippen LogP contribution in [0.3, 0.4) is 0 Å². The van der Waals surface area contributed by atoms with Crippen LogP contribution in [0, 0.1) is 11.3 Å². The molecule has 0 heterocycles. The van der Waals surface area contributed by atoms with Gasteiger partial charge in [0.05, 0.1) is 17.7 Å². The van der Waals surface area contributed by atoms with Gasteiger partial charge in [0.2, 0.25) is 5.91 Å². The third-order valence-corrected chi connectivity index (χ3v) is 3.35. The van der Waals surface area contributed by atoms with Gasteiger partial charge in [-0.15, -0.1) is 12.6 Å². The van der Waals surface area contributed by atoms with Crippen LogP contribution in [0.2, 0.25) is 0 Å². The molecule has 0 aromatic heterocycles. The van der Waals surface area contributed by atoms with E-state index in [4.69, 9.17) is 5.26 Å². The molecule has 0 bridgehead atoms. The van der Waals surface area contributed by atoms with Crippen molar-refractivity contribution in [3.05, 3.63) is 59.7 Å². The summed E-state index contributed by atoms with van der Waals surface area (Å²) < 4.78 is 0. The summed E-state index contributed by atoms with van der Waals surface area (Å²) in [5.41, 5.74) is 2.05. The van der Waals surface area contributed by atoms with Gasteiger partial charge >= 0.3 is 0 Å². The molecule has 2 aromatic rings. The molecule has 0 unspecified atom stereocenters. The number of hydrogen-bond donors (Lipinski definition) is 1. The third kappa shape index (κ3) is 3.19. The summed E-state index contributed by atoms with van der Waals surface area (Å²) in [5, 5.41) is 9.07. The number of likely N-dealkylation sites (N-methyl/N-ethyl adjacent to an activating group) is 1. The number of amides is 1. The number of anilines is 1. The van der Waals surface area contributed by atoms with Crippen molar-refractivity contribution in [1.82, 2.24) is 0 Å². The fraction of sp³-hybridized carbons (Fsp3) is 0.125. The van der Waals surface area contributed by atoms with Crippen LogP contribution in [0.1, 0.15) is 11.1 Å². The summed E-state index contributed by atoms with van der Waals surface area (Å²) in [6.07, 6.45) is 0.296. The minimum Gasteiger partial charge on any atom is -0.314 e. The first-order valence-corrected chi connectivity index (χ1v) is 6.60. The lowest BCUT2D eigenvalue weighted by atomic mass is 10.1. The minimum atomic E-state index is -0.0559. The first-order chi connectivity index (χ1) is 9.61. The summed E-state index contributed by atoms with van der Waals surface area (Å²) in [4.78, 5) is 14.6. The van der Waals surface area contributed by atoms with E-state index in [0.29, 0.717) is 17.7 Å². The summed E-state index contributed by atoms with van der Waals surface area (Å²) in [5.74, 6) is -0.0559. The van der Waals surface area contributed by atoms with Crippen LogP contribution in [-0.2, 0) is 11.2 Å². The Hall–Kier alpha value is -2.25. The van der Waals surface area contributed by atoms with Crippen molar-refractivity contribution in [2.45, 2.75) is 11.3 Å². The van der Waals surface area contributed by atoms with Crippen LogP contribution in [0.5, 0.6) is 0 Å². The van der Waals surface area contributed by atoms with Crippen molar-refractivity contribution in [1.29, 1.82) is 5.26 Å². The monoisotopic (exact) mass is 282 g/mol. The number of rotatable bonds is 3. The number of nitrogens with zero attached hydrogens (tertiary/aromatic N) is 2. The SMILES string of the molecule is CN(C(=O)Cc1ccc(S)cc1)c1ccccc1C#N. The zero-order valence-electron chi connectivity index (χ0n) is 11.1. The van der Waals surface area contributed by atoms with Gasteiger partial charge in [-0.3, -0.25) is 4.79 Å². The van der Waals surface area contributed by atoms with Gasteiger partial charge in [0.15, 0.2) is 0 Å². The predicted octanol–water partition coefficient (Wildman–Crippen LogP) is 3.05. The van der Waals surface area contributed by atoms with Crippen LogP contribution >= 0.6 is 12.6 Å². The lowest BCUT2D eigenvalue weighted by molar-refractivity contribution is -0.117. The highest BCUT2D eigenvalue weighted by Gasteiger charge is 2.14. The maximum atomic E-state index is 12.3. The van der Waals surface area contributed by atoms with Crippen LogP contribution in [-0.4, -0.2) is 13.0 Å². The molecule has 0 radical (unpaired) electrons. The second-order valence-corrected chi connectivity index (χ2v) is 4.94. The third-order valence-electron chi connectivity index (χ3n) is 3.05. The number of carbonyl (C=O) groups excluding carboxylic acids is 1. The van der Waals surface area contributed by atoms with Gasteiger partial charge in [0.1, 0.15) is 6.07 Å². The van der Waals surface area contributed by atoms with E-state index in [2.05, 4.69) is 18.7 Å². The predicted molar refractivity (Wildman–Crippen MR) is 82.0 cm³/mol. The Morgan fingerprint density at radius 1 is 1.20 bits per heavy atom. The largest absolute Gasteiger partial charge is 0.314 e. The van der Waals surface area contributed by atoms with Crippen LogP contribution in [0.4, 0.5) is 5.69 Å². The van der Waals surface area contributed by atoms with E-state index >= 15 is 0 Å². The van der Waals surface area contributed by atoms with E-state index in [0.717, 1.165) is 10.5 Å². The van der Waals surface area contributed by atoms with Crippen LogP contribution in [0.15, 0.2) is 53.4 Å². The second-order valence-electron chi connectivity index (χ2n) is 4.42. The number of carbonyl (C=O) groups is 1. The van der Waals surface area contributed by atoms with Gasteiger partial charge in [-0.05, 0) is 29.8 Å². The summed E-state index contributed by atoms with van der Waals surface area (Å²) in [6, 6.07) is 16.6. The smallest absolute Gasteiger partial charge is 0.231 e. The van der Waals surface area contributed by atoms with Gasteiger partial charge in [0, 0.05) is 11.9 Å². The van der Waals surface area contributed by atoms with Gasteiger partial charge in [-0.1, -0.05) is 24.3 Å². The highest BCUT2D eigenvalue weighted by atomic mass is 32.1. The Bertz CT molecular complexity index is 659. The normalized spacial score (nSPS) is 9.85. The molecule has 100 valence electrons. The Balaban J connectivity index is 2.17. The number of para-hydroxylation sites is 1. The van der Waals surface area contributed by atoms with E-state index in [1.54, 1.807) is 25.2 Å². The fourth-order valence-electron chi connectivity index (χ4n) is 1.90. The molecule has 0 aliphatic rings. The van der Waals surface area contributed by atoms with Crippen molar-refractivity contribution in [2.75, 3.05) is 11.9 Å². The molecule has 1 amide bonds. The first kappa shape index (κ1) is 14.2. The van der Waals surface area contributed by atoms with E-state index in [1.807, 2.05) is 30.3 Å². The van der Waals surface area contributed by atoms with Gasteiger partial charge in [-0.25, -0.2) is 0 Å². The van der Waals surface area contributed by atoms with Crippen molar-refractivity contribution < 1.29 is 4.79 Å². The highest BCUT2D eigenvalue weighted by molar-refractivity contribution is 7.80. The Morgan fingerprint density at radius 3 is 2.50 bits per heavy atom. The first-order valence-electron chi connectivity index (χ1n) is 6.15. The molecule has 0 saturated heterocycles. The zero-order valence-corrected chi connectivity index (χ0v) is 12.0.